The van der Waals surface area contributed by atoms with Gasteiger partial charge in [0.25, 0.3) is 5.91 Å². The van der Waals surface area contributed by atoms with Crippen LogP contribution >= 0.6 is 0 Å². The molecule has 2 aromatic rings. The van der Waals surface area contributed by atoms with Gasteiger partial charge in [-0.05, 0) is 36.1 Å². The highest BCUT2D eigenvalue weighted by Crippen LogP contribution is 2.17. The second-order valence-corrected chi connectivity index (χ2v) is 7.29. The Morgan fingerprint density at radius 3 is 2.50 bits per heavy atom. The van der Waals surface area contributed by atoms with Gasteiger partial charge in [-0.3, -0.25) is 14.9 Å². The van der Waals surface area contributed by atoms with Crippen LogP contribution in [0.15, 0.2) is 42.5 Å². The summed E-state index contributed by atoms with van der Waals surface area (Å²) in [7, 11) is 0. The third-order valence-corrected chi connectivity index (χ3v) is 5.02. The number of carbonyl (C=O) groups excluding carboxylic acids is 3. The smallest absolute Gasteiger partial charge is 0.321 e. The summed E-state index contributed by atoms with van der Waals surface area (Å²) in [5.41, 5.74) is 0.811. The fourth-order valence-corrected chi connectivity index (χ4v) is 3.49. The van der Waals surface area contributed by atoms with Gasteiger partial charge in [-0.2, -0.15) is 0 Å². The molecule has 0 radical (unpaired) electrons. The molecule has 6 heteroatoms. The minimum absolute atomic E-state index is 0.0662. The van der Waals surface area contributed by atoms with Crippen molar-refractivity contribution in [3.05, 3.63) is 48.0 Å². The molecular weight excluding hydrogens is 356 g/mol. The highest BCUT2D eigenvalue weighted by molar-refractivity contribution is 5.97. The van der Waals surface area contributed by atoms with Gasteiger partial charge in [0.15, 0.2) is 6.10 Å². The molecule has 148 valence electrons. The molecule has 0 spiro atoms. The van der Waals surface area contributed by atoms with E-state index in [9.17, 15) is 14.4 Å². The van der Waals surface area contributed by atoms with Gasteiger partial charge in [-0.15, -0.1) is 0 Å². The Morgan fingerprint density at radius 2 is 1.75 bits per heavy atom. The van der Waals surface area contributed by atoms with Gasteiger partial charge in [0.1, 0.15) is 0 Å². The van der Waals surface area contributed by atoms with Crippen LogP contribution in [0.3, 0.4) is 0 Å². The van der Waals surface area contributed by atoms with Crippen molar-refractivity contribution in [2.75, 3.05) is 0 Å². The first kappa shape index (κ1) is 19.9. The summed E-state index contributed by atoms with van der Waals surface area (Å²) in [5.74, 6) is -1.13. The summed E-state index contributed by atoms with van der Waals surface area (Å²) in [6, 6.07) is 13.2. The standard InChI is InChI=1S/C22H26N2O4/c1-15(21(26)24-22(27)23-19-9-3-2-4-10-19)28-20(25)14-16-11-12-17-7-5-6-8-18(17)13-16/h5-8,11-13,15,19H,2-4,9-10,14H2,1H3,(H2,23,24,26,27)/t15-/m0/s1. The molecule has 0 aromatic heterocycles. The summed E-state index contributed by atoms with van der Waals surface area (Å²) >= 11 is 0. The van der Waals surface area contributed by atoms with Crippen LogP contribution in [0, 0.1) is 0 Å². The van der Waals surface area contributed by atoms with E-state index in [0.29, 0.717) is 0 Å². The molecule has 3 amide bonds. The van der Waals surface area contributed by atoms with E-state index in [1.807, 2.05) is 42.5 Å². The number of esters is 1. The molecule has 1 aliphatic carbocycles. The Hall–Kier alpha value is -2.89. The fourth-order valence-electron chi connectivity index (χ4n) is 3.49. The van der Waals surface area contributed by atoms with Crippen molar-refractivity contribution in [1.29, 1.82) is 0 Å². The summed E-state index contributed by atoms with van der Waals surface area (Å²) in [5, 5.41) is 7.19. The van der Waals surface area contributed by atoms with Crippen molar-refractivity contribution in [1.82, 2.24) is 10.6 Å². The number of ether oxygens (including phenoxy) is 1. The quantitative estimate of drug-likeness (QED) is 0.776. The Morgan fingerprint density at radius 1 is 1.04 bits per heavy atom. The minimum atomic E-state index is -1.04. The lowest BCUT2D eigenvalue weighted by molar-refractivity contribution is -0.153. The average Bonchev–Trinajstić information content (AvgIpc) is 2.68. The Bertz CT molecular complexity index is 858. The van der Waals surface area contributed by atoms with Crippen LogP contribution < -0.4 is 10.6 Å². The molecule has 6 nitrogen and oxygen atoms in total. The van der Waals surface area contributed by atoms with Crippen molar-refractivity contribution in [3.63, 3.8) is 0 Å². The number of urea groups is 1. The van der Waals surface area contributed by atoms with Gasteiger partial charge in [0.2, 0.25) is 0 Å². The minimum Gasteiger partial charge on any atom is -0.452 e. The highest BCUT2D eigenvalue weighted by Gasteiger charge is 2.22. The monoisotopic (exact) mass is 382 g/mol. The number of nitrogens with one attached hydrogen (secondary N) is 2. The van der Waals surface area contributed by atoms with E-state index in [4.69, 9.17) is 4.74 Å². The predicted octanol–water partition coefficient (Wildman–Crippen LogP) is 3.47. The van der Waals surface area contributed by atoms with Gasteiger partial charge in [0.05, 0.1) is 6.42 Å². The van der Waals surface area contributed by atoms with Crippen LogP contribution in [0.5, 0.6) is 0 Å². The summed E-state index contributed by atoms with van der Waals surface area (Å²) in [4.78, 5) is 36.2. The van der Waals surface area contributed by atoms with Crippen LogP contribution in [-0.2, 0) is 20.7 Å². The maximum Gasteiger partial charge on any atom is 0.321 e. The van der Waals surface area contributed by atoms with E-state index in [2.05, 4.69) is 10.6 Å². The Labute approximate surface area is 164 Å². The van der Waals surface area contributed by atoms with E-state index in [0.717, 1.165) is 42.0 Å². The van der Waals surface area contributed by atoms with Crippen molar-refractivity contribution in [2.24, 2.45) is 0 Å². The van der Waals surface area contributed by atoms with Crippen LogP contribution in [0.1, 0.15) is 44.6 Å². The van der Waals surface area contributed by atoms with E-state index >= 15 is 0 Å². The molecule has 3 rings (SSSR count). The third kappa shape index (κ3) is 5.55. The number of amides is 3. The largest absolute Gasteiger partial charge is 0.452 e. The van der Waals surface area contributed by atoms with Gasteiger partial charge in [-0.25, -0.2) is 4.79 Å². The lowest BCUT2D eigenvalue weighted by atomic mass is 9.96. The molecule has 1 fully saturated rings. The number of rotatable bonds is 5. The second-order valence-electron chi connectivity index (χ2n) is 7.29. The van der Waals surface area contributed by atoms with E-state index in [1.54, 1.807) is 0 Å². The Balaban J connectivity index is 1.47. The van der Waals surface area contributed by atoms with Crippen LogP contribution in [0.4, 0.5) is 4.79 Å². The zero-order valence-electron chi connectivity index (χ0n) is 16.1. The van der Waals surface area contributed by atoms with E-state index < -0.39 is 24.0 Å². The Kier molecular flexibility index (Phi) is 6.63. The van der Waals surface area contributed by atoms with Gasteiger partial charge < -0.3 is 10.1 Å². The van der Waals surface area contributed by atoms with E-state index in [-0.39, 0.29) is 12.5 Å². The molecule has 0 heterocycles. The normalized spacial score (nSPS) is 15.6. The molecule has 28 heavy (non-hydrogen) atoms. The molecule has 0 saturated heterocycles. The number of hydrogen-bond acceptors (Lipinski definition) is 4. The maximum atomic E-state index is 12.2. The summed E-state index contributed by atoms with van der Waals surface area (Å²) in [6.45, 7) is 1.46. The van der Waals surface area contributed by atoms with Crippen molar-refractivity contribution in [2.45, 2.75) is 57.6 Å². The van der Waals surface area contributed by atoms with Crippen molar-refractivity contribution >= 4 is 28.7 Å². The first-order valence-electron chi connectivity index (χ1n) is 9.80. The molecule has 0 unspecified atom stereocenters. The number of imide groups is 1. The maximum absolute atomic E-state index is 12.2. The SMILES string of the molecule is C[C@H](OC(=O)Cc1ccc2ccccc2c1)C(=O)NC(=O)NC1CCCCC1. The molecule has 1 saturated carbocycles. The first-order chi connectivity index (χ1) is 13.5. The molecule has 0 bridgehead atoms. The number of hydrogen-bond donors (Lipinski definition) is 2. The number of benzene rings is 2. The number of carbonyl (C=O) groups is 3. The lowest BCUT2D eigenvalue weighted by Gasteiger charge is -2.23. The van der Waals surface area contributed by atoms with Gasteiger partial charge in [-0.1, -0.05) is 61.7 Å². The zero-order chi connectivity index (χ0) is 19.9. The molecule has 1 atom stereocenters. The van der Waals surface area contributed by atoms with Crippen LogP contribution in [-0.4, -0.2) is 30.1 Å². The summed E-state index contributed by atoms with van der Waals surface area (Å²) < 4.78 is 5.19. The van der Waals surface area contributed by atoms with Crippen LogP contribution in [0.2, 0.25) is 0 Å². The topological polar surface area (TPSA) is 84.5 Å². The highest BCUT2D eigenvalue weighted by atomic mass is 16.5. The predicted molar refractivity (Wildman–Crippen MR) is 107 cm³/mol. The first-order valence-corrected chi connectivity index (χ1v) is 9.80. The molecule has 0 aliphatic heterocycles. The second kappa shape index (κ2) is 9.35. The lowest BCUT2D eigenvalue weighted by Crippen LogP contribution is -2.48. The average molecular weight is 382 g/mol. The van der Waals surface area contributed by atoms with E-state index in [1.165, 1.54) is 13.3 Å². The third-order valence-electron chi connectivity index (χ3n) is 5.02. The van der Waals surface area contributed by atoms with Crippen molar-refractivity contribution in [3.8, 4) is 0 Å². The molecular formula is C22H26N2O4. The zero-order valence-corrected chi connectivity index (χ0v) is 16.1. The van der Waals surface area contributed by atoms with Crippen molar-refractivity contribution < 1.29 is 19.1 Å². The number of fused-ring (bicyclic) bond motifs is 1. The fraction of sp³-hybridized carbons (Fsp3) is 0.409. The molecule has 2 N–H and O–H groups in total. The molecule has 1 aliphatic rings. The summed E-state index contributed by atoms with van der Waals surface area (Å²) in [6.07, 6.45) is 4.24. The molecule has 2 aromatic carbocycles. The van der Waals surface area contributed by atoms with Crippen LogP contribution in [0.25, 0.3) is 10.8 Å². The van der Waals surface area contributed by atoms with Gasteiger partial charge >= 0.3 is 12.0 Å². The van der Waals surface area contributed by atoms with Gasteiger partial charge in [0, 0.05) is 6.04 Å².